The van der Waals surface area contributed by atoms with Gasteiger partial charge in [0.2, 0.25) is 0 Å². The molecule has 98 valence electrons. The van der Waals surface area contributed by atoms with Crippen molar-refractivity contribution in [3.05, 3.63) is 41.5 Å². The highest BCUT2D eigenvalue weighted by atomic mass is 16.5. The van der Waals surface area contributed by atoms with E-state index in [1.807, 2.05) is 12.1 Å². The van der Waals surface area contributed by atoms with Crippen molar-refractivity contribution in [2.45, 2.75) is 38.6 Å². The fourth-order valence-corrected chi connectivity index (χ4v) is 2.68. The first-order chi connectivity index (χ1) is 8.85. The first-order valence-corrected chi connectivity index (χ1v) is 6.89. The second kappa shape index (κ2) is 6.60. The van der Waals surface area contributed by atoms with Gasteiger partial charge in [0.05, 0.1) is 7.11 Å². The summed E-state index contributed by atoms with van der Waals surface area (Å²) >= 11 is 0. The van der Waals surface area contributed by atoms with E-state index < -0.39 is 0 Å². The minimum Gasteiger partial charge on any atom is -0.496 e. The van der Waals surface area contributed by atoms with E-state index in [1.165, 1.54) is 24.8 Å². The van der Waals surface area contributed by atoms with Crippen LogP contribution in [0.4, 0.5) is 0 Å². The Balaban J connectivity index is 2.12. The molecular weight excluding hydrogens is 222 g/mol. The number of hydrogen-bond acceptors (Lipinski definition) is 2. The van der Waals surface area contributed by atoms with Crippen molar-refractivity contribution >= 4 is 0 Å². The van der Waals surface area contributed by atoms with Gasteiger partial charge in [-0.05, 0) is 43.9 Å². The molecule has 18 heavy (non-hydrogen) atoms. The maximum absolute atomic E-state index is 5.44. The van der Waals surface area contributed by atoms with Gasteiger partial charge in [0, 0.05) is 6.04 Å². The van der Waals surface area contributed by atoms with Gasteiger partial charge in [0.25, 0.3) is 0 Å². The molecule has 0 fully saturated rings. The SMILES string of the molecule is CCNC(Cc1ccccc1OC)C1=CCCC1. The van der Waals surface area contributed by atoms with E-state index in [2.05, 4.69) is 30.4 Å². The topological polar surface area (TPSA) is 21.3 Å². The number of nitrogens with one attached hydrogen (secondary N) is 1. The Labute approximate surface area is 110 Å². The normalized spacial score (nSPS) is 16.4. The van der Waals surface area contributed by atoms with Crippen LogP contribution >= 0.6 is 0 Å². The van der Waals surface area contributed by atoms with Gasteiger partial charge in [-0.1, -0.05) is 36.8 Å². The third-order valence-corrected chi connectivity index (χ3v) is 3.59. The predicted octanol–water partition coefficient (Wildman–Crippen LogP) is 3.33. The van der Waals surface area contributed by atoms with Gasteiger partial charge in [-0.25, -0.2) is 0 Å². The molecule has 0 aromatic heterocycles. The summed E-state index contributed by atoms with van der Waals surface area (Å²) in [6.07, 6.45) is 7.21. The Hall–Kier alpha value is -1.28. The van der Waals surface area contributed by atoms with Crippen LogP contribution in [-0.2, 0) is 6.42 Å². The largest absolute Gasteiger partial charge is 0.496 e. The molecule has 0 radical (unpaired) electrons. The van der Waals surface area contributed by atoms with Crippen LogP contribution < -0.4 is 10.1 Å². The van der Waals surface area contributed by atoms with Crippen molar-refractivity contribution < 1.29 is 4.74 Å². The minimum atomic E-state index is 0.466. The van der Waals surface area contributed by atoms with Crippen LogP contribution in [0.15, 0.2) is 35.9 Å². The second-order valence-corrected chi connectivity index (χ2v) is 4.80. The van der Waals surface area contributed by atoms with E-state index >= 15 is 0 Å². The van der Waals surface area contributed by atoms with Crippen LogP contribution in [0.5, 0.6) is 5.75 Å². The Kier molecular flexibility index (Phi) is 4.82. The molecule has 1 aromatic carbocycles. The molecule has 1 aliphatic rings. The number of para-hydroxylation sites is 1. The minimum absolute atomic E-state index is 0.466. The van der Waals surface area contributed by atoms with Gasteiger partial charge in [0.1, 0.15) is 5.75 Å². The van der Waals surface area contributed by atoms with Gasteiger partial charge in [0.15, 0.2) is 0 Å². The Morgan fingerprint density at radius 1 is 1.33 bits per heavy atom. The zero-order chi connectivity index (χ0) is 12.8. The smallest absolute Gasteiger partial charge is 0.122 e. The molecule has 0 aliphatic heterocycles. The van der Waals surface area contributed by atoms with Gasteiger partial charge in [-0.2, -0.15) is 0 Å². The highest BCUT2D eigenvalue weighted by Gasteiger charge is 2.18. The number of methoxy groups -OCH3 is 1. The van der Waals surface area contributed by atoms with Crippen molar-refractivity contribution in [1.82, 2.24) is 5.32 Å². The zero-order valence-corrected chi connectivity index (χ0v) is 11.4. The first-order valence-electron chi connectivity index (χ1n) is 6.89. The number of hydrogen-bond donors (Lipinski definition) is 1. The fraction of sp³-hybridized carbons (Fsp3) is 0.500. The van der Waals surface area contributed by atoms with Crippen molar-refractivity contribution in [3.8, 4) is 5.75 Å². The molecule has 1 N–H and O–H groups in total. The highest BCUT2D eigenvalue weighted by Crippen LogP contribution is 2.26. The molecule has 1 atom stereocenters. The Morgan fingerprint density at radius 2 is 2.17 bits per heavy atom. The molecule has 0 heterocycles. The number of ether oxygens (including phenoxy) is 1. The molecular formula is C16H23NO. The Bertz CT molecular complexity index is 411. The first kappa shape index (κ1) is 13.2. The summed E-state index contributed by atoms with van der Waals surface area (Å²) in [7, 11) is 1.75. The lowest BCUT2D eigenvalue weighted by Gasteiger charge is -2.20. The molecule has 2 nitrogen and oxygen atoms in total. The highest BCUT2D eigenvalue weighted by molar-refractivity contribution is 5.35. The van der Waals surface area contributed by atoms with Crippen molar-refractivity contribution in [2.75, 3.05) is 13.7 Å². The van der Waals surface area contributed by atoms with Crippen LogP contribution in [-0.4, -0.2) is 19.7 Å². The van der Waals surface area contributed by atoms with Gasteiger partial charge >= 0.3 is 0 Å². The number of rotatable bonds is 6. The fourth-order valence-electron chi connectivity index (χ4n) is 2.68. The zero-order valence-electron chi connectivity index (χ0n) is 11.4. The lowest BCUT2D eigenvalue weighted by Crippen LogP contribution is -2.32. The van der Waals surface area contributed by atoms with Crippen molar-refractivity contribution in [2.24, 2.45) is 0 Å². The molecule has 1 unspecified atom stereocenters. The molecule has 0 amide bonds. The monoisotopic (exact) mass is 245 g/mol. The molecule has 0 spiro atoms. The number of likely N-dealkylation sites (N-methyl/N-ethyl adjacent to an activating group) is 1. The third kappa shape index (κ3) is 3.14. The second-order valence-electron chi connectivity index (χ2n) is 4.80. The quantitative estimate of drug-likeness (QED) is 0.776. The van der Waals surface area contributed by atoms with Crippen molar-refractivity contribution in [1.29, 1.82) is 0 Å². The summed E-state index contributed by atoms with van der Waals surface area (Å²) in [6, 6.07) is 8.79. The average Bonchev–Trinajstić information content (AvgIpc) is 2.92. The summed E-state index contributed by atoms with van der Waals surface area (Å²) in [5, 5.41) is 3.60. The summed E-state index contributed by atoms with van der Waals surface area (Å²) in [6.45, 7) is 3.18. The number of benzene rings is 1. The summed E-state index contributed by atoms with van der Waals surface area (Å²) in [5.74, 6) is 0.999. The number of allylic oxidation sites excluding steroid dienone is 1. The van der Waals surface area contributed by atoms with E-state index in [0.29, 0.717) is 6.04 Å². The molecule has 0 bridgehead atoms. The van der Waals surface area contributed by atoms with E-state index in [-0.39, 0.29) is 0 Å². The third-order valence-electron chi connectivity index (χ3n) is 3.59. The standard InChI is InChI=1S/C16H23NO/c1-3-17-15(13-8-4-5-9-13)12-14-10-6-7-11-16(14)18-2/h6-8,10-11,15,17H,3-5,9,12H2,1-2H3. The molecule has 2 rings (SSSR count). The summed E-state index contributed by atoms with van der Waals surface area (Å²) in [5.41, 5.74) is 2.86. The molecule has 1 aliphatic carbocycles. The van der Waals surface area contributed by atoms with E-state index in [4.69, 9.17) is 4.74 Å². The van der Waals surface area contributed by atoms with E-state index in [9.17, 15) is 0 Å². The van der Waals surface area contributed by atoms with Gasteiger partial charge < -0.3 is 10.1 Å². The van der Waals surface area contributed by atoms with Gasteiger partial charge in [-0.3, -0.25) is 0 Å². The van der Waals surface area contributed by atoms with Crippen LogP contribution in [0.2, 0.25) is 0 Å². The predicted molar refractivity (Wildman–Crippen MR) is 76.1 cm³/mol. The molecule has 1 aromatic rings. The van der Waals surface area contributed by atoms with Crippen LogP contribution in [0.1, 0.15) is 31.7 Å². The lowest BCUT2D eigenvalue weighted by molar-refractivity contribution is 0.407. The van der Waals surface area contributed by atoms with Crippen molar-refractivity contribution in [3.63, 3.8) is 0 Å². The summed E-state index contributed by atoms with van der Waals surface area (Å²) < 4.78 is 5.44. The summed E-state index contributed by atoms with van der Waals surface area (Å²) in [4.78, 5) is 0. The van der Waals surface area contributed by atoms with Gasteiger partial charge in [-0.15, -0.1) is 0 Å². The van der Waals surface area contributed by atoms with Crippen LogP contribution in [0.25, 0.3) is 0 Å². The molecule has 2 heteroatoms. The van der Waals surface area contributed by atoms with Crippen LogP contribution in [0.3, 0.4) is 0 Å². The Morgan fingerprint density at radius 3 is 2.83 bits per heavy atom. The maximum Gasteiger partial charge on any atom is 0.122 e. The van der Waals surface area contributed by atoms with E-state index in [0.717, 1.165) is 18.7 Å². The average molecular weight is 245 g/mol. The maximum atomic E-state index is 5.44. The van der Waals surface area contributed by atoms with E-state index in [1.54, 1.807) is 12.7 Å². The van der Waals surface area contributed by atoms with Crippen LogP contribution in [0, 0.1) is 0 Å². The lowest BCUT2D eigenvalue weighted by atomic mass is 9.97. The molecule has 0 saturated carbocycles. The molecule has 0 saturated heterocycles.